The Labute approximate surface area is 194 Å². The number of hydrogen-bond acceptors (Lipinski definition) is 6. The zero-order chi connectivity index (χ0) is 23.4. The Balaban J connectivity index is 1.23. The number of thiazole rings is 1. The number of carbonyl (C=O) groups excluding carboxylic acids is 2. The van der Waals surface area contributed by atoms with Gasteiger partial charge in [0.2, 0.25) is 5.91 Å². The van der Waals surface area contributed by atoms with E-state index in [4.69, 9.17) is 9.84 Å². The van der Waals surface area contributed by atoms with E-state index < -0.39 is 18.1 Å². The number of amides is 2. The highest BCUT2D eigenvalue weighted by Gasteiger charge is 2.29. The molecule has 1 aromatic heterocycles. The third-order valence-electron chi connectivity index (χ3n) is 5.45. The molecule has 9 heteroatoms. The number of nitrogens with zero attached hydrogens (tertiary/aromatic N) is 1. The highest BCUT2D eigenvalue weighted by molar-refractivity contribution is 7.09. The van der Waals surface area contributed by atoms with Crippen molar-refractivity contribution in [3.05, 3.63) is 75.7 Å². The van der Waals surface area contributed by atoms with E-state index in [1.807, 2.05) is 24.3 Å². The summed E-state index contributed by atoms with van der Waals surface area (Å²) in [5.74, 6) is -1.42. The second-order valence-electron chi connectivity index (χ2n) is 7.67. The molecule has 0 spiro atoms. The predicted octanol–water partition coefficient (Wildman–Crippen LogP) is 3.95. The number of hydrogen-bond donors (Lipinski definition) is 3. The van der Waals surface area contributed by atoms with Gasteiger partial charge in [0.15, 0.2) is 5.69 Å². The maximum atomic E-state index is 12.2. The average molecular weight is 466 g/mol. The van der Waals surface area contributed by atoms with Gasteiger partial charge in [0.05, 0.1) is 6.04 Å². The summed E-state index contributed by atoms with van der Waals surface area (Å²) in [4.78, 5) is 39.2. The van der Waals surface area contributed by atoms with Gasteiger partial charge >= 0.3 is 12.1 Å². The Kier molecular flexibility index (Phi) is 6.69. The molecule has 4 rings (SSSR count). The lowest BCUT2D eigenvalue weighted by atomic mass is 9.98. The number of ether oxygens (including phenoxy) is 1. The molecule has 1 aliphatic carbocycles. The van der Waals surface area contributed by atoms with Gasteiger partial charge in [0.25, 0.3) is 0 Å². The molecule has 1 heterocycles. The molecule has 170 valence electrons. The molecule has 2 amide bonds. The molecular weight excluding hydrogens is 442 g/mol. The topological polar surface area (TPSA) is 118 Å². The van der Waals surface area contributed by atoms with Gasteiger partial charge in [-0.05, 0) is 29.2 Å². The van der Waals surface area contributed by atoms with Crippen molar-refractivity contribution in [2.75, 3.05) is 13.2 Å². The zero-order valence-electron chi connectivity index (χ0n) is 17.9. The maximum absolute atomic E-state index is 12.2. The fourth-order valence-electron chi connectivity index (χ4n) is 3.89. The monoisotopic (exact) mass is 465 g/mol. The molecule has 0 saturated carbocycles. The molecule has 2 aromatic carbocycles. The number of aromatic carboxylic acids is 1. The van der Waals surface area contributed by atoms with E-state index in [0.29, 0.717) is 5.01 Å². The van der Waals surface area contributed by atoms with Crippen LogP contribution in [0.15, 0.2) is 53.9 Å². The minimum absolute atomic E-state index is 0.0266. The van der Waals surface area contributed by atoms with Crippen LogP contribution in [0.4, 0.5) is 4.79 Å². The summed E-state index contributed by atoms with van der Waals surface area (Å²) >= 11 is 1.17. The SMILES string of the molecule is CC(NC(=O)CCNC(=O)OCC1c2ccccc2-c2ccccc21)c1nc(C(=O)O)cs1. The van der Waals surface area contributed by atoms with Gasteiger partial charge in [-0.25, -0.2) is 14.6 Å². The Morgan fingerprint density at radius 1 is 1.09 bits per heavy atom. The number of nitrogens with one attached hydrogen (secondary N) is 2. The number of aromatic nitrogens is 1. The lowest BCUT2D eigenvalue weighted by Crippen LogP contribution is -2.32. The van der Waals surface area contributed by atoms with Gasteiger partial charge in [0, 0.05) is 24.3 Å². The highest BCUT2D eigenvalue weighted by atomic mass is 32.1. The third kappa shape index (κ3) is 5.04. The number of carboxylic acid groups (broad SMARTS) is 1. The summed E-state index contributed by atoms with van der Waals surface area (Å²) in [7, 11) is 0. The van der Waals surface area contributed by atoms with Crippen molar-refractivity contribution in [1.82, 2.24) is 15.6 Å². The fraction of sp³-hybridized carbons (Fsp3) is 0.250. The first-order chi connectivity index (χ1) is 15.9. The molecule has 1 aliphatic rings. The molecule has 3 aromatic rings. The zero-order valence-corrected chi connectivity index (χ0v) is 18.7. The molecule has 3 N–H and O–H groups in total. The lowest BCUT2D eigenvalue weighted by Gasteiger charge is -2.15. The standard InChI is InChI=1S/C24H23N3O5S/c1-14(22-27-20(13-33-22)23(29)30)26-21(28)10-11-25-24(31)32-12-19-17-8-4-2-6-15(17)16-7-3-5-9-18(16)19/h2-9,13-14,19H,10-12H2,1H3,(H,25,31)(H,26,28)(H,29,30). The Bertz CT molecular complexity index is 1150. The van der Waals surface area contributed by atoms with Crippen molar-refractivity contribution in [2.24, 2.45) is 0 Å². The first-order valence-electron chi connectivity index (χ1n) is 10.5. The van der Waals surface area contributed by atoms with E-state index in [2.05, 4.69) is 39.9 Å². The van der Waals surface area contributed by atoms with Crippen LogP contribution < -0.4 is 10.6 Å². The Morgan fingerprint density at radius 3 is 2.33 bits per heavy atom. The first kappa shape index (κ1) is 22.5. The van der Waals surface area contributed by atoms with E-state index in [1.54, 1.807) is 6.92 Å². The number of rotatable bonds is 8. The Hall–Kier alpha value is -3.72. The van der Waals surface area contributed by atoms with Gasteiger partial charge in [0.1, 0.15) is 11.6 Å². The van der Waals surface area contributed by atoms with Gasteiger partial charge in [-0.2, -0.15) is 0 Å². The molecule has 0 bridgehead atoms. The minimum atomic E-state index is -1.11. The van der Waals surface area contributed by atoms with E-state index in [9.17, 15) is 14.4 Å². The third-order valence-corrected chi connectivity index (χ3v) is 6.48. The van der Waals surface area contributed by atoms with E-state index in [1.165, 1.54) is 16.7 Å². The van der Waals surface area contributed by atoms with Crippen LogP contribution in [0.5, 0.6) is 0 Å². The van der Waals surface area contributed by atoms with E-state index in [-0.39, 0.29) is 37.1 Å². The van der Waals surface area contributed by atoms with Crippen LogP contribution in [0.25, 0.3) is 11.1 Å². The summed E-state index contributed by atoms with van der Waals surface area (Å²) in [6.07, 6.45) is -0.519. The number of carbonyl (C=O) groups is 3. The van der Waals surface area contributed by atoms with Gasteiger partial charge < -0.3 is 20.5 Å². The van der Waals surface area contributed by atoms with Crippen LogP contribution in [0.1, 0.15) is 51.9 Å². The fourth-order valence-corrected chi connectivity index (χ4v) is 4.69. The first-order valence-corrected chi connectivity index (χ1v) is 11.4. The van der Waals surface area contributed by atoms with Crippen LogP contribution in [0, 0.1) is 0 Å². The van der Waals surface area contributed by atoms with Crippen molar-refractivity contribution in [2.45, 2.75) is 25.3 Å². The van der Waals surface area contributed by atoms with E-state index in [0.717, 1.165) is 22.3 Å². The molecule has 33 heavy (non-hydrogen) atoms. The van der Waals surface area contributed by atoms with Crippen LogP contribution in [0.2, 0.25) is 0 Å². The van der Waals surface area contributed by atoms with Crippen LogP contribution in [-0.2, 0) is 9.53 Å². The van der Waals surface area contributed by atoms with Crippen LogP contribution in [-0.4, -0.2) is 41.2 Å². The molecule has 1 atom stereocenters. The summed E-state index contributed by atoms with van der Waals surface area (Å²) in [5, 5.41) is 16.2. The predicted molar refractivity (Wildman–Crippen MR) is 123 cm³/mol. The normalized spacial score (nSPS) is 13.0. The Morgan fingerprint density at radius 2 is 1.73 bits per heavy atom. The van der Waals surface area contributed by atoms with Gasteiger partial charge in [-0.1, -0.05) is 48.5 Å². The number of fused-ring (bicyclic) bond motifs is 3. The number of carboxylic acids is 1. The maximum Gasteiger partial charge on any atom is 0.407 e. The molecule has 0 fully saturated rings. The largest absolute Gasteiger partial charge is 0.476 e. The van der Waals surface area contributed by atoms with E-state index >= 15 is 0 Å². The molecular formula is C24H23N3O5S. The average Bonchev–Trinajstić information content (AvgIpc) is 3.42. The van der Waals surface area contributed by atoms with Gasteiger partial charge in [-0.3, -0.25) is 4.79 Å². The summed E-state index contributed by atoms with van der Waals surface area (Å²) in [5.41, 5.74) is 4.53. The quantitative estimate of drug-likeness (QED) is 0.464. The number of alkyl carbamates (subject to hydrolysis) is 1. The second-order valence-corrected chi connectivity index (χ2v) is 8.56. The van der Waals surface area contributed by atoms with Crippen LogP contribution in [0.3, 0.4) is 0 Å². The van der Waals surface area contributed by atoms with Crippen molar-refractivity contribution < 1.29 is 24.2 Å². The van der Waals surface area contributed by atoms with Gasteiger partial charge in [-0.15, -0.1) is 11.3 Å². The van der Waals surface area contributed by atoms with Crippen molar-refractivity contribution >= 4 is 29.3 Å². The lowest BCUT2D eigenvalue weighted by molar-refractivity contribution is -0.121. The molecule has 0 radical (unpaired) electrons. The molecule has 0 aliphatic heterocycles. The second kappa shape index (κ2) is 9.83. The van der Waals surface area contributed by atoms with Crippen molar-refractivity contribution in [3.8, 4) is 11.1 Å². The smallest absolute Gasteiger partial charge is 0.407 e. The molecule has 1 unspecified atom stereocenters. The van der Waals surface area contributed by atoms with Crippen LogP contribution >= 0.6 is 11.3 Å². The number of benzene rings is 2. The minimum Gasteiger partial charge on any atom is -0.476 e. The summed E-state index contributed by atoms with van der Waals surface area (Å²) < 4.78 is 5.45. The molecule has 0 saturated heterocycles. The molecule has 8 nitrogen and oxygen atoms in total. The van der Waals surface area contributed by atoms with Crippen molar-refractivity contribution in [3.63, 3.8) is 0 Å². The summed E-state index contributed by atoms with van der Waals surface area (Å²) in [6.45, 7) is 2.05. The van der Waals surface area contributed by atoms with Crippen molar-refractivity contribution in [1.29, 1.82) is 0 Å². The summed E-state index contributed by atoms with van der Waals surface area (Å²) in [6, 6.07) is 15.8. The highest BCUT2D eigenvalue weighted by Crippen LogP contribution is 2.44.